The van der Waals surface area contributed by atoms with Crippen LogP contribution in [0.3, 0.4) is 0 Å². The molecule has 0 atom stereocenters. The lowest BCUT2D eigenvalue weighted by Crippen LogP contribution is -2.32. The van der Waals surface area contributed by atoms with Gasteiger partial charge in [0.1, 0.15) is 0 Å². The van der Waals surface area contributed by atoms with Crippen LogP contribution >= 0.6 is 27.3 Å². The summed E-state index contributed by atoms with van der Waals surface area (Å²) < 4.78 is 6.96. The molecule has 2 aromatic rings. The lowest BCUT2D eigenvalue weighted by atomic mass is 10.3. The maximum atomic E-state index is 11.5. The molecule has 2 N–H and O–H groups in total. The van der Waals surface area contributed by atoms with Gasteiger partial charge in [0.15, 0.2) is 5.13 Å². The molecular weight excluding hydrogens is 330 g/mol. The first kappa shape index (κ1) is 14.2. The molecule has 0 saturated heterocycles. The minimum Gasteiger partial charge on any atom is -0.383 e. The van der Waals surface area contributed by atoms with E-state index in [4.69, 9.17) is 4.74 Å². The lowest BCUT2D eigenvalue weighted by molar-refractivity contribution is -0.119. The second-order valence-corrected chi connectivity index (χ2v) is 5.77. The summed E-state index contributed by atoms with van der Waals surface area (Å²) in [7, 11) is 1.60. The molecule has 0 fully saturated rings. The highest BCUT2D eigenvalue weighted by atomic mass is 79.9. The number of carbonyl (C=O) groups is 1. The van der Waals surface area contributed by atoms with Crippen LogP contribution in [0.5, 0.6) is 0 Å². The third-order valence-electron chi connectivity index (χ3n) is 2.38. The minimum absolute atomic E-state index is 0.0718. The number of amides is 1. The zero-order valence-electron chi connectivity index (χ0n) is 10.4. The molecule has 0 aliphatic carbocycles. The Morgan fingerprint density at radius 2 is 2.37 bits per heavy atom. The van der Waals surface area contributed by atoms with E-state index < -0.39 is 0 Å². The topological polar surface area (TPSA) is 63.2 Å². The van der Waals surface area contributed by atoms with Gasteiger partial charge < -0.3 is 15.4 Å². The molecule has 0 aliphatic rings. The van der Waals surface area contributed by atoms with Crippen molar-refractivity contribution >= 4 is 48.5 Å². The van der Waals surface area contributed by atoms with Crippen molar-refractivity contribution in [2.24, 2.45) is 0 Å². The van der Waals surface area contributed by atoms with Crippen LogP contribution in [0.25, 0.3) is 10.2 Å². The number of carbonyl (C=O) groups excluding carboxylic acids is 1. The molecule has 102 valence electrons. The molecule has 1 aromatic heterocycles. The smallest absolute Gasteiger partial charge is 0.239 e. The Morgan fingerprint density at radius 1 is 1.53 bits per heavy atom. The van der Waals surface area contributed by atoms with Gasteiger partial charge in [0.2, 0.25) is 5.91 Å². The Kier molecular flexibility index (Phi) is 5.12. The van der Waals surface area contributed by atoms with Crippen molar-refractivity contribution in [1.82, 2.24) is 10.3 Å². The molecule has 0 spiro atoms. The molecule has 7 heteroatoms. The van der Waals surface area contributed by atoms with Crippen molar-refractivity contribution in [3.05, 3.63) is 22.7 Å². The Morgan fingerprint density at radius 3 is 3.16 bits per heavy atom. The van der Waals surface area contributed by atoms with Crippen molar-refractivity contribution < 1.29 is 9.53 Å². The number of fused-ring (bicyclic) bond motifs is 1. The predicted octanol–water partition coefficient (Wildman–Crippen LogP) is 2.23. The monoisotopic (exact) mass is 343 g/mol. The minimum atomic E-state index is -0.0718. The van der Waals surface area contributed by atoms with Crippen molar-refractivity contribution in [1.29, 1.82) is 0 Å². The molecule has 1 heterocycles. The molecule has 1 amide bonds. The van der Waals surface area contributed by atoms with E-state index in [9.17, 15) is 4.79 Å². The summed E-state index contributed by atoms with van der Waals surface area (Å²) in [6.45, 7) is 1.25. The van der Waals surface area contributed by atoms with Crippen LogP contribution in [-0.2, 0) is 9.53 Å². The molecule has 1 aromatic carbocycles. The third kappa shape index (κ3) is 4.15. The standard InChI is InChI=1S/C12H14BrN3O2S/c1-18-5-4-14-11(17)7-15-12-16-9-3-2-8(13)6-10(9)19-12/h2-3,6H,4-5,7H2,1H3,(H,14,17)(H,15,16). The van der Waals surface area contributed by atoms with E-state index in [1.54, 1.807) is 7.11 Å². The van der Waals surface area contributed by atoms with Gasteiger partial charge in [-0.05, 0) is 18.2 Å². The number of nitrogens with zero attached hydrogens (tertiary/aromatic N) is 1. The van der Waals surface area contributed by atoms with Crippen LogP contribution in [0, 0.1) is 0 Å². The molecule has 0 radical (unpaired) electrons. The number of anilines is 1. The van der Waals surface area contributed by atoms with Crippen molar-refractivity contribution in [3.63, 3.8) is 0 Å². The molecule has 0 bridgehead atoms. The Hall–Kier alpha value is -1.18. The predicted molar refractivity (Wildman–Crippen MR) is 80.7 cm³/mol. The van der Waals surface area contributed by atoms with Gasteiger partial charge in [0.05, 0.1) is 23.4 Å². The first-order valence-corrected chi connectivity index (χ1v) is 7.35. The fourth-order valence-corrected chi connectivity index (χ4v) is 2.90. The summed E-state index contributed by atoms with van der Waals surface area (Å²) in [5.74, 6) is -0.0718. The molecule has 0 saturated carbocycles. The van der Waals surface area contributed by atoms with Crippen LogP contribution < -0.4 is 10.6 Å². The Labute approximate surface area is 123 Å². The first-order valence-electron chi connectivity index (χ1n) is 5.74. The number of halogens is 1. The van der Waals surface area contributed by atoms with E-state index >= 15 is 0 Å². The third-order valence-corrected chi connectivity index (χ3v) is 3.85. The maximum absolute atomic E-state index is 11.5. The van der Waals surface area contributed by atoms with Crippen LogP contribution in [0.15, 0.2) is 22.7 Å². The zero-order valence-corrected chi connectivity index (χ0v) is 12.8. The number of benzene rings is 1. The van der Waals surface area contributed by atoms with Gasteiger partial charge in [0, 0.05) is 18.1 Å². The number of ether oxygens (including phenoxy) is 1. The van der Waals surface area contributed by atoms with E-state index in [1.807, 2.05) is 18.2 Å². The highest BCUT2D eigenvalue weighted by Crippen LogP contribution is 2.28. The van der Waals surface area contributed by atoms with Gasteiger partial charge in [-0.3, -0.25) is 4.79 Å². The SMILES string of the molecule is COCCNC(=O)CNc1nc2ccc(Br)cc2s1. The van der Waals surface area contributed by atoms with E-state index in [1.165, 1.54) is 11.3 Å². The average Bonchev–Trinajstić information content (AvgIpc) is 2.78. The second-order valence-electron chi connectivity index (χ2n) is 3.83. The highest BCUT2D eigenvalue weighted by molar-refractivity contribution is 9.10. The van der Waals surface area contributed by atoms with Crippen molar-refractivity contribution in [3.8, 4) is 0 Å². The van der Waals surface area contributed by atoms with E-state index in [0.29, 0.717) is 13.2 Å². The normalized spacial score (nSPS) is 10.6. The molecule has 0 aliphatic heterocycles. The van der Waals surface area contributed by atoms with Gasteiger partial charge in [-0.1, -0.05) is 27.3 Å². The van der Waals surface area contributed by atoms with Crippen LogP contribution in [0.2, 0.25) is 0 Å². The lowest BCUT2D eigenvalue weighted by Gasteiger charge is -2.04. The van der Waals surface area contributed by atoms with Gasteiger partial charge in [-0.25, -0.2) is 4.98 Å². The first-order chi connectivity index (χ1) is 9.19. The molecular formula is C12H14BrN3O2S. The van der Waals surface area contributed by atoms with E-state index in [-0.39, 0.29) is 12.5 Å². The number of hydrogen-bond donors (Lipinski definition) is 2. The summed E-state index contributed by atoms with van der Waals surface area (Å²) in [5.41, 5.74) is 0.926. The summed E-state index contributed by atoms with van der Waals surface area (Å²) >= 11 is 4.95. The quantitative estimate of drug-likeness (QED) is 0.789. The number of rotatable bonds is 6. The Bertz CT molecular complexity index is 573. The van der Waals surface area contributed by atoms with Crippen LogP contribution in [0.4, 0.5) is 5.13 Å². The summed E-state index contributed by atoms with van der Waals surface area (Å²) in [5, 5.41) is 6.50. The van der Waals surface area contributed by atoms with Crippen molar-refractivity contribution in [2.75, 3.05) is 32.1 Å². The van der Waals surface area contributed by atoms with Gasteiger partial charge in [-0.15, -0.1) is 0 Å². The fourth-order valence-electron chi connectivity index (χ4n) is 1.48. The highest BCUT2D eigenvalue weighted by Gasteiger charge is 2.06. The summed E-state index contributed by atoms with van der Waals surface area (Å²) in [4.78, 5) is 15.9. The van der Waals surface area contributed by atoms with Gasteiger partial charge >= 0.3 is 0 Å². The summed E-state index contributed by atoms with van der Waals surface area (Å²) in [6.07, 6.45) is 0. The molecule has 19 heavy (non-hydrogen) atoms. The van der Waals surface area contributed by atoms with E-state index in [2.05, 4.69) is 31.5 Å². The fraction of sp³-hybridized carbons (Fsp3) is 0.333. The van der Waals surface area contributed by atoms with Gasteiger partial charge in [-0.2, -0.15) is 0 Å². The van der Waals surface area contributed by atoms with Crippen molar-refractivity contribution in [2.45, 2.75) is 0 Å². The molecule has 5 nitrogen and oxygen atoms in total. The van der Waals surface area contributed by atoms with Crippen LogP contribution in [0.1, 0.15) is 0 Å². The van der Waals surface area contributed by atoms with Gasteiger partial charge in [0.25, 0.3) is 0 Å². The number of aromatic nitrogens is 1. The number of nitrogens with one attached hydrogen (secondary N) is 2. The largest absolute Gasteiger partial charge is 0.383 e. The molecule has 2 rings (SSSR count). The average molecular weight is 344 g/mol. The summed E-state index contributed by atoms with van der Waals surface area (Å²) in [6, 6.07) is 5.90. The number of thiazole rings is 1. The number of methoxy groups -OCH3 is 1. The Balaban J connectivity index is 1.89. The number of hydrogen-bond acceptors (Lipinski definition) is 5. The zero-order chi connectivity index (χ0) is 13.7. The molecule has 0 unspecified atom stereocenters. The van der Waals surface area contributed by atoms with Crippen LogP contribution in [-0.4, -0.2) is 37.7 Å². The second kappa shape index (κ2) is 6.83. The van der Waals surface area contributed by atoms with E-state index in [0.717, 1.165) is 19.8 Å². The maximum Gasteiger partial charge on any atom is 0.239 e.